The zero-order valence-corrected chi connectivity index (χ0v) is 16.7. The number of nitrogens with zero attached hydrogens (tertiary/aromatic N) is 1. The smallest absolute Gasteiger partial charge is 0.257 e. The van der Waals surface area contributed by atoms with Crippen LogP contribution in [0.3, 0.4) is 0 Å². The molecule has 5 nitrogen and oxygen atoms in total. The van der Waals surface area contributed by atoms with Gasteiger partial charge in [0.1, 0.15) is 17.2 Å². The Morgan fingerprint density at radius 3 is 2.43 bits per heavy atom. The molecule has 3 rings (SSSR count). The monoisotopic (exact) mass is 396 g/mol. The molecule has 3 aromatic rings. The second kappa shape index (κ2) is 10.5. The van der Waals surface area contributed by atoms with Crippen LogP contribution >= 0.6 is 11.3 Å². The van der Waals surface area contributed by atoms with Gasteiger partial charge in [-0.1, -0.05) is 18.2 Å². The Morgan fingerprint density at radius 1 is 1.00 bits per heavy atom. The highest BCUT2D eigenvalue weighted by molar-refractivity contribution is 7.09. The molecule has 0 saturated heterocycles. The average Bonchev–Trinajstić information content (AvgIpc) is 3.13. The zero-order chi connectivity index (χ0) is 19.6. The second-order valence-corrected chi connectivity index (χ2v) is 7.31. The normalized spacial score (nSPS) is 10.5. The maximum atomic E-state index is 11.9. The first-order valence-corrected chi connectivity index (χ1v) is 10.2. The summed E-state index contributed by atoms with van der Waals surface area (Å²) >= 11 is 1.69. The highest BCUT2D eigenvalue weighted by atomic mass is 32.1. The first-order chi connectivity index (χ1) is 13.7. The molecule has 0 spiro atoms. The molecule has 0 fully saturated rings. The Labute approximate surface area is 169 Å². The van der Waals surface area contributed by atoms with E-state index in [1.807, 2.05) is 49.4 Å². The predicted octanol–water partition coefficient (Wildman–Crippen LogP) is 4.76. The van der Waals surface area contributed by atoms with Crippen molar-refractivity contribution < 1.29 is 14.3 Å². The number of carbonyl (C=O) groups is 1. The fraction of sp³-hybridized carbons (Fsp3) is 0.273. The summed E-state index contributed by atoms with van der Waals surface area (Å²) in [5.41, 5.74) is 1.07. The van der Waals surface area contributed by atoms with E-state index in [2.05, 4.69) is 15.7 Å². The van der Waals surface area contributed by atoms with Crippen molar-refractivity contribution >= 4 is 17.2 Å². The molecule has 1 aromatic heterocycles. The highest BCUT2D eigenvalue weighted by Gasteiger charge is 2.04. The van der Waals surface area contributed by atoms with Gasteiger partial charge in [-0.25, -0.2) is 4.98 Å². The van der Waals surface area contributed by atoms with Crippen molar-refractivity contribution in [2.45, 2.75) is 26.2 Å². The van der Waals surface area contributed by atoms with Crippen LogP contribution in [0.5, 0.6) is 17.2 Å². The van der Waals surface area contributed by atoms with E-state index >= 15 is 0 Å². The Kier molecular flexibility index (Phi) is 7.44. The maximum absolute atomic E-state index is 11.9. The van der Waals surface area contributed by atoms with Crippen molar-refractivity contribution in [2.75, 3.05) is 13.2 Å². The molecule has 0 atom stereocenters. The molecule has 0 saturated carbocycles. The lowest BCUT2D eigenvalue weighted by Crippen LogP contribution is -2.29. The maximum Gasteiger partial charge on any atom is 0.257 e. The first kappa shape index (κ1) is 19.9. The molecule has 1 N–H and O–H groups in total. The van der Waals surface area contributed by atoms with E-state index < -0.39 is 0 Å². The van der Waals surface area contributed by atoms with Crippen LogP contribution in [0.4, 0.5) is 0 Å². The van der Waals surface area contributed by atoms with Crippen molar-refractivity contribution in [3.63, 3.8) is 0 Å². The number of para-hydroxylation sites is 1. The van der Waals surface area contributed by atoms with E-state index in [0.29, 0.717) is 12.3 Å². The van der Waals surface area contributed by atoms with Crippen molar-refractivity contribution in [3.8, 4) is 17.2 Å². The van der Waals surface area contributed by atoms with Gasteiger partial charge in [0.2, 0.25) is 0 Å². The number of ether oxygens (including phenoxy) is 2. The molecule has 1 amide bonds. The lowest BCUT2D eigenvalue weighted by molar-refractivity contribution is -0.123. The van der Waals surface area contributed by atoms with Gasteiger partial charge in [0.05, 0.1) is 5.01 Å². The third-order valence-electron chi connectivity index (χ3n) is 3.98. The van der Waals surface area contributed by atoms with E-state index in [0.717, 1.165) is 41.5 Å². The molecule has 1 heterocycles. The third kappa shape index (κ3) is 6.70. The van der Waals surface area contributed by atoms with E-state index in [1.54, 1.807) is 23.5 Å². The number of unbranched alkanes of at least 4 members (excludes halogenated alkanes) is 1. The van der Waals surface area contributed by atoms with E-state index in [1.165, 1.54) is 0 Å². The summed E-state index contributed by atoms with van der Waals surface area (Å²) in [6, 6.07) is 16.8. The van der Waals surface area contributed by atoms with Crippen LogP contribution in [0.2, 0.25) is 0 Å². The molecule has 0 unspecified atom stereocenters. The van der Waals surface area contributed by atoms with Gasteiger partial charge >= 0.3 is 0 Å². The van der Waals surface area contributed by atoms with Crippen molar-refractivity contribution in [2.24, 2.45) is 0 Å². The molecule has 0 aliphatic carbocycles. The minimum absolute atomic E-state index is 0.00453. The minimum atomic E-state index is -0.116. The summed E-state index contributed by atoms with van der Waals surface area (Å²) in [6.45, 7) is 2.66. The van der Waals surface area contributed by atoms with Gasteiger partial charge in [0, 0.05) is 17.6 Å². The Hall–Kier alpha value is -2.86. The second-order valence-electron chi connectivity index (χ2n) is 6.36. The van der Waals surface area contributed by atoms with Crippen LogP contribution in [0, 0.1) is 6.92 Å². The Balaban J connectivity index is 1.30. The van der Waals surface area contributed by atoms with Gasteiger partial charge in [-0.3, -0.25) is 4.79 Å². The predicted molar refractivity (Wildman–Crippen MR) is 111 cm³/mol. The molecule has 0 aliphatic heterocycles. The van der Waals surface area contributed by atoms with Crippen LogP contribution < -0.4 is 14.8 Å². The number of rotatable bonds is 10. The number of benzene rings is 2. The summed E-state index contributed by atoms with van der Waals surface area (Å²) in [4.78, 5) is 16.3. The third-order valence-corrected chi connectivity index (χ3v) is 5.01. The van der Waals surface area contributed by atoms with Crippen molar-refractivity contribution in [1.82, 2.24) is 10.3 Å². The summed E-state index contributed by atoms with van der Waals surface area (Å²) in [5, 5.41) is 6.11. The molecule has 0 bridgehead atoms. The minimum Gasteiger partial charge on any atom is -0.484 e. The topological polar surface area (TPSA) is 60.5 Å². The lowest BCUT2D eigenvalue weighted by Gasteiger charge is -2.09. The van der Waals surface area contributed by atoms with Crippen LogP contribution in [0.25, 0.3) is 0 Å². The zero-order valence-electron chi connectivity index (χ0n) is 15.9. The number of carbonyl (C=O) groups excluding carboxylic acids is 1. The largest absolute Gasteiger partial charge is 0.484 e. The van der Waals surface area contributed by atoms with Gasteiger partial charge in [0.15, 0.2) is 6.61 Å². The van der Waals surface area contributed by atoms with Crippen LogP contribution in [-0.4, -0.2) is 24.0 Å². The number of thiazole rings is 1. The molecule has 0 aliphatic rings. The van der Waals surface area contributed by atoms with Gasteiger partial charge in [-0.15, -0.1) is 11.3 Å². The summed E-state index contributed by atoms with van der Waals surface area (Å²) in [7, 11) is 0. The number of nitrogens with one attached hydrogen (secondary N) is 1. The fourth-order valence-corrected chi connectivity index (χ4v) is 3.39. The van der Waals surface area contributed by atoms with Crippen molar-refractivity contribution in [3.05, 3.63) is 70.7 Å². The summed E-state index contributed by atoms with van der Waals surface area (Å²) in [6.07, 6.45) is 2.90. The molecule has 28 heavy (non-hydrogen) atoms. The standard InChI is InChI=1S/C22H24N2O3S/c1-17-16-28-22(24-17)9-5-6-14-23-21(25)15-26-18-10-12-20(13-11-18)27-19-7-3-2-4-8-19/h2-4,7-8,10-13,16H,5-6,9,14-15H2,1H3,(H,23,25). The SMILES string of the molecule is Cc1csc(CCCCNC(=O)COc2ccc(Oc3ccccc3)cc2)n1. The summed E-state index contributed by atoms with van der Waals surface area (Å²) < 4.78 is 11.3. The van der Waals surface area contributed by atoms with E-state index in [9.17, 15) is 4.79 Å². The fourth-order valence-electron chi connectivity index (χ4n) is 2.57. The molecular weight excluding hydrogens is 372 g/mol. The van der Waals surface area contributed by atoms with Gasteiger partial charge in [0.25, 0.3) is 5.91 Å². The van der Waals surface area contributed by atoms with Gasteiger partial charge in [-0.2, -0.15) is 0 Å². The van der Waals surface area contributed by atoms with Crippen molar-refractivity contribution in [1.29, 1.82) is 0 Å². The van der Waals surface area contributed by atoms with Gasteiger partial charge in [-0.05, 0) is 62.6 Å². The number of aryl methyl sites for hydroxylation is 2. The van der Waals surface area contributed by atoms with Crippen LogP contribution in [0.15, 0.2) is 60.0 Å². The van der Waals surface area contributed by atoms with E-state index in [4.69, 9.17) is 9.47 Å². The van der Waals surface area contributed by atoms with E-state index in [-0.39, 0.29) is 12.5 Å². The van der Waals surface area contributed by atoms with Gasteiger partial charge < -0.3 is 14.8 Å². The molecule has 0 radical (unpaired) electrons. The highest BCUT2D eigenvalue weighted by Crippen LogP contribution is 2.23. The first-order valence-electron chi connectivity index (χ1n) is 9.32. The van der Waals surface area contributed by atoms with Crippen LogP contribution in [0.1, 0.15) is 23.5 Å². The summed E-state index contributed by atoms with van der Waals surface area (Å²) in [5.74, 6) is 2.02. The lowest BCUT2D eigenvalue weighted by atomic mass is 10.2. The average molecular weight is 397 g/mol. The molecule has 2 aromatic carbocycles. The molecular formula is C22H24N2O3S. The van der Waals surface area contributed by atoms with Crippen LogP contribution in [-0.2, 0) is 11.2 Å². The number of hydrogen-bond donors (Lipinski definition) is 1. The molecule has 146 valence electrons. The quantitative estimate of drug-likeness (QED) is 0.502. The number of amides is 1. The number of hydrogen-bond acceptors (Lipinski definition) is 5. The Bertz CT molecular complexity index is 863. The number of aromatic nitrogens is 1. The molecule has 6 heteroatoms. The Morgan fingerprint density at radius 2 is 1.71 bits per heavy atom.